The van der Waals surface area contributed by atoms with Crippen LogP contribution in [0.2, 0.25) is 0 Å². The molecule has 1 rings (SSSR count). The van der Waals surface area contributed by atoms with Crippen LogP contribution in [0.25, 0.3) is 0 Å². The quantitative estimate of drug-likeness (QED) is 0.848. The van der Waals surface area contributed by atoms with Crippen molar-refractivity contribution in [3.8, 4) is 0 Å². The van der Waals surface area contributed by atoms with Gasteiger partial charge in [0.05, 0.1) is 0 Å². The molecule has 4 heteroatoms. The molecule has 1 aromatic rings. The lowest BCUT2D eigenvalue weighted by atomic mass is 10.2. The molecule has 0 atom stereocenters. The molecule has 0 heterocycles. The second kappa shape index (κ2) is 6.64. The third-order valence-corrected chi connectivity index (χ3v) is 3.06. The van der Waals surface area contributed by atoms with Gasteiger partial charge in [-0.2, -0.15) is 0 Å². The first-order valence-electron chi connectivity index (χ1n) is 5.71. The summed E-state index contributed by atoms with van der Waals surface area (Å²) >= 11 is 3.44. The number of aryl methyl sites for hydroxylation is 1. The van der Waals surface area contributed by atoms with Gasteiger partial charge in [-0.05, 0) is 37.1 Å². The summed E-state index contributed by atoms with van der Waals surface area (Å²) in [5, 5.41) is 3.34. The molecule has 0 bridgehead atoms. The van der Waals surface area contributed by atoms with Crippen molar-refractivity contribution >= 4 is 27.5 Å². The van der Waals surface area contributed by atoms with Gasteiger partial charge in [-0.1, -0.05) is 15.9 Å². The Morgan fingerprint density at radius 1 is 1.41 bits per heavy atom. The van der Waals surface area contributed by atoms with Gasteiger partial charge in [0.15, 0.2) is 0 Å². The van der Waals surface area contributed by atoms with E-state index in [0.717, 1.165) is 23.1 Å². The largest absolute Gasteiger partial charge is 0.385 e. The Hall–Kier alpha value is -1.03. The fourth-order valence-corrected chi connectivity index (χ4v) is 1.99. The van der Waals surface area contributed by atoms with Crippen LogP contribution in [0.4, 0.5) is 5.69 Å². The number of hydrogen-bond donors (Lipinski definition) is 1. The maximum atomic E-state index is 11.4. The molecule has 0 radical (unpaired) electrons. The van der Waals surface area contributed by atoms with E-state index in [1.54, 1.807) is 19.0 Å². The summed E-state index contributed by atoms with van der Waals surface area (Å²) in [5.41, 5.74) is 2.34. The minimum atomic E-state index is 0.180. The van der Waals surface area contributed by atoms with Crippen LogP contribution in [0, 0.1) is 6.92 Å². The molecule has 0 aromatic heterocycles. The van der Waals surface area contributed by atoms with Gasteiger partial charge in [-0.15, -0.1) is 0 Å². The van der Waals surface area contributed by atoms with Gasteiger partial charge in [0.1, 0.15) is 0 Å². The number of rotatable bonds is 5. The predicted molar refractivity (Wildman–Crippen MR) is 75.3 cm³/mol. The summed E-state index contributed by atoms with van der Waals surface area (Å²) in [7, 11) is 3.57. The molecule has 1 amide bonds. The first kappa shape index (κ1) is 14.0. The molecule has 17 heavy (non-hydrogen) atoms. The van der Waals surface area contributed by atoms with Crippen molar-refractivity contribution in [1.29, 1.82) is 0 Å². The first-order valence-corrected chi connectivity index (χ1v) is 6.50. The van der Waals surface area contributed by atoms with E-state index in [1.165, 1.54) is 5.56 Å². The number of anilines is 1. The molecule has 94 valence electrons. The Kier molecular flexibility index (Phi) is 5.48. The zero-order chi connectivity index (χ0) is 12.8. The molecule has 0 spiro atoms. The molecule has 1 aromatic carbocycles. The molecular formula is C13H19BrN2O. The standard InChI is InChI=1S/C13H19BrN2O/c1-10-9-11(14)6-7-12(10)15-8-4-5-13(17)16(2)3/h6-7,9,15H,4-5,8H2,1-3H3. The van der Waals surface area contributed by atoms with Gasteiger partial charge in [-0.25, -0.2) is 0 Å². The average molecular weight is 299 g/mol. The van der Waals surface area contributed by atoms with Crippen LogP contribution in [-0.4, -0.2) is 31.4 Å². The number of carbonyl (C=O) groups excluding carboxylic acids is 1. The Morgan fingerprint density at radius 3 is 2.71 bits per heavy atom. The number of hydrogen-bond acceptors (Lipinski definition) is 2. The number of amides is 1. The van der Waals surface area contributed by atoms with Crippen LogP contribution >= 0.6 is 15.9 Å². The maximum absolute atomic E-state index is 11.4. The van der Waals surface area contributed by atoms with E-state index in [2.05, 4.69) is 34.2 Å². The van der Waals surface area contributed by atoms with Crippen molar-refractivity contribution in [2.75, 3.05) is 26.0 Å². The van der Waals surface area contributed by atoms with Crippen LogP contribution in [-0.2, 0) is 4.79 Å². The lowest BCUT2D eigenvalue weighted by molar-refractivity contribution is -0.128. The monoisotopic (exact) mass is 298 g/mol. The van der Waals surface area contributed by atoms with E-state index in [1.807, 2.05) is 12.1 Å². The summed E-state index contributed by atoms with van der Waals surface area (Å²) in [5.74, 6) is 0.180. The van der Waals surface area contributed by atoms with Gasteiger partial charge in [0.25, 0.3) is 0 Å². The van der Waals surface area contributed by atoms with Crippen LogP contribution < -0.4 is 5.32 Å². The maximum Gasteiger partial charge on any atom is 0.222 e. The Labute approximate surface area is 111 Å². The molecular weight excluding hydrogens is 280 g/mol. The highest BCUT2D eigenvalue weighted by Gasteiger charge is 2.03. The van der Waals surface area contributed by atoms with Crippen LogP contribution in [0.1, 0.15) is 18.4 Å². The van der Waals surface area contributed by atoms with Gasteiger partial charge in [-0.3, -0.25) is 4.79 Å². The minimum Gasteiger partial charge on any atom is -0.385 e. The van der Waals surface area contributed by atoms with E-state index < -0.39 is 0 Å². The molecule has 0 saturated heterocycles. The molecule has 0 aliphatic rings. The van der Waals surface area contributed by atoms with Crippen molar-refractivity contribution in [1.82, 2.24) is 4.90 Å². The van der Waals surface area contributed by atoms with Crippen molar-refractivity contribution in [2.24, 2.45) is 0 Å². The van der Waals surface area contributed by atoms with Crippen LogP contribution in [0.15, 0.2) is 22.7 Å². The smallest absolute Gasteiger partial charge is 0.222 e. The van der Waals surface area contributed by atoms with Gasteiger partial charge >= 0.3 is 0 Å². The highest BCUT2D eigenvalue weighted by molar-refractivity contribution is 9.10. The Bertz CT molecular complexity index is 391. The SMILES string of the molecule is Cc1cc(Br)ccc1NCCCC(=O)N(C)C. The highest BCUT2D eigenvalue weighted by atomic mass is 79.9. The molecule has 3 nitrogen and oxygen atoms in total. The molecule has 0 aliphatic heterocycles. The minimum absolute atomic E-state index is 0.180. The molecule has 0 unspecified atom stereocenters. The predicted octanol–water partition coefficient (Wildman–Crippen LogP) is 3.04. The molecule has 0 fully saturated rings. The number of halogens is 1. The fraction of sp³-hybridized carbons (Fsp3) is 0.462. The lowest BCUT2D eigenvalue weighted by Gasteiger charge is -2.12. The molecule has 0 saturated carbocycles. The second-order valence-corrected chi connectivity index (χ2v) is 5.19. The van der Waals surface area contributed by atoms with Gasteiger partial charge < -0.3 is 10.2 Å². The van der Waals surface area contributed by atoms with Crippen molar-refractivity contribution in [2.45, 2.75) is 19.8 Å². The van der Waals surface area contributed by atoms with E-state index in [4.69, 9.17) is 0 Å². The highest BCUT2D eigenvalue weighted by Crippen LogP contribution is 2.19. The zero-order valence-corrected chi connectivity index (χ0v) is 12.2. The summed E-state index contributed by atoms with van der Waals surface area (Å²) in [6, 6.07) is 6.14. The summed E-state index contributed by atoms with van der Waals surface area (Å²) < 4.78 is 1.09. The average Bonchev–Trinajstić information content (AvgIpc) is 2.26. The Morgan fingerprint density at radius 2 is 2.12 bits per heavy atom. The lowest BCUT2D eigenvalue weighted by Crippen LogP contribution is -2.22. The topological polar surface area (TPSA) is 32.3 Å². The number of benzene rings is 1. The number of nitrogens with zero attached hydrogens (tertiary/aromatic N) is 1. The second-order valence-electron chi connectivity index (χ2n) is 4.28. The zero-order valence-electron chi connectivity index (χ0n) is 10.6. The van der Waals surface area contributed by atoms with Crippen molar-refractivity contribution in [3.63, 3.8) is 0 Å². The fourth-order valence-electron chi connectivity index (χ4n) is 1.51. The third-order valence-electron chi connectivity index (χ3n) is 2.57. The van der Waals surface area contributed by atoms with Crippen molar-refractivity contribution in [3.05, 3.63) is 28.2 Å². The Balaban J connectivity index is 2.34. The summed E-state index contributed by atoms with van der Waals surface area (Å²) in [6.07, 6.45) is 1.45. The number of carbonyl (C=O) groups is 1. The van der Waals surface area contributed by atoms with E-state index in [9.17, 15) is 4.79 Å². The van der Waals surface area contributed by atoms with E-state index >= 15 is 0 Å². The van der Waals surface area contributed by atoms with Crippen LogP contribution in [0.3, 0.4) is 0 Å². The molecule has 1 N–H and O–H groups in total. The third kappa shape index (κ3) is 4.77. The van der Waals surface area contributed by atoms with E-state index in [0.29, 0.717) is 6.42 Å². The first-order chi connectivity index (χ1) is 8.00. The number of nitrogens with one attached hydrogen (secondary N) is 1. The van der Waals surface area contributed by atoms with Gasteiger partial charge in [0.2, 0.25) is 5.91 Å². The van der Waals surface area contributed by atoms with Crippen LogP contribution in [0.5, 0.6) is 0 Å². The molecule has 0 aliphatic carbocycles. The normalized spacial score (nSPS) is 10.1. The summed E-state index contributed by atoms with van der Waals surface area (Å²) in [6.45, 7) is 2.89. The van der Waals surface area contributed by atoms with E-state index in [-0.39, 0.29) is 5.91 Å². The van der Waals surface area contributed by atoms with Crippen molar-refractivity contribution < 1.29 is 4.79 Å². The van der Waals surface area contributed by atoms with Gasteiger partial charge in [0, 0.05) is 37.2 Å². The summed E-state index contributed by atoms with van der Waals surface area (Å²) in [4.78, 5) is 13.0.